The lowest BCUT2D eigenvalue weighted by Gasteiger charge is -2.10. The molecule has 140 valence electrons. The Morgan fingerprint density at radius 1 is 1.00 bits per heavy atom. The van der Waals surface area contributed by atoms with Crippen molar-refractivity contribution in [3.05, 3.63) is 54.1 Å². The van der Waals surface area contributed by atoms with Crippen LogP contribution in [0, 0.1) is 0 Å². The van der Waals surface area contributed by atoms with E-state index in [0.717, 1.165) is 5.75 Å². The summed E-state index contributed by atoms with van der Waals surface area (Å²) in [6, 6.07) is 13.1. The van der Waals surface area contributed by atoms with Crippen LogP contribution in [0.25, 0.3) is 0 Å². The van der Waals surface area contributed by atoms with Gasteiger partial charge in [-0.2, -0.15) is 0 Å². The molecule has 0 saturated carbocycles. The van der Waals surface area contributed by atoms with Crippen molar-refractivity contribution < 1.29 is 22.7 Å². The van der Waals surface area contributed by atoms with E-state index in [0.29, 0.717) is 24.5 Å². The maximum Gasteiger partial charge on any atom is 0.251 e. The first-order valence-electron chi connectivity index (χ1n) is 8.23. The number of nitrogens with one attached hydrogen (secondary N) is 1. The van der Waals surface area contributed by atoms with Crippen molar-refractivity contribution in [1.29, 1.82) is 0 Å². The Bertz CT molecular complexity index is 827. The van der Waals surface area contributed by atoms with Crippen molar-refractivity contribution in [1.82, 2.24) is 5.32 Å². The van der Waals surface area contributed by atoms with Crippen LogP contribution >= 0.6 is 0 Å². The molecule has 1 N–H and O–H groups in total. The first kappa shape index (κ1) is 19.8. The summed E-state index contributed by atoms with van der Waals surface area (Å²) in [6.45, 7) is 3.90. The first-order chi connectivity index (χ1) is 12.3. The van der Waals surface area contributed by atoms with Gasteiger partial charge >= 0.3 is 0 Å². The number of carbonyl (C=O) groups excluding carboxylic acids is 1. The van der Waals surface area contributed by atoms with Gasteiger partial charge in [0.1, 0.15) is 18.1 Å². The average molecular weight is 377 g/mol. The smallest absolute Gasteiger partial charge is 0.251 e. The third kappa shape index (κ3) is 4.98. The quantitative estimate of drug-likeness (QED) is 0.715. The van der Waals surface area contributed by atoms with E-state index in [4.69, 9.17) is 9.47 Å². The van der Waals surface area contributed by atoms with Crippen LogP contribution in [0.2, 0.25) is 0 Å². The van der Waals surface area contributed by atoms with Gasteiger partial charge in [-0.05, 0) is 62.4 Å². The number of hydrogen-bond donors (Lipinski definition) is 1. The van der Waals surface area contributed by atoms with Crippen molar-refractivity contribution in [2.75, 3.05) is 20.3 Å². The van der Waals surface area contributed by atoms with E-state index in [9.17, 15) is 13.2 Å². The zero-order valence-electron chi connectivity index (χ0n) is 15.1. The highest BCUT2D eigenvalue weighted by Gasteiger charge is 2.19. The topological polar surface area (TPSA) is 81.7 Å². The second-order valence-corrected chi connectivity index (χ2v) is 8.40. The van der Waals surface area contributed by atoms with Gasteiger partial charge in [-0.3, -0.25) is 4.79 Å². The number of amides is 1. The molecule has 26 heavy (non-hydrogen) atoms. The van der Waals surface area contributed by atoms with Crippen molar-refractivity contribution in [2.45, 2.75) is 24.0 Å². The number of ether oxygens (including phenoxy) is 2. The third-order valence-electron chi connectivity index (χ3n) is 3.78. The molecule has 0 radical (unpaired) electrons. The molecule has 0 fully saturated rings. The largest absolute Gasteiger partial charge is 0.497 e. The van der Waals surface area contributed by atoms with E-state index in [2.05, 4.69) is 5.32 Å². The highest BCUT2D eigenvalue weighted by Crippen LogP contribution is 2.17. The Morgan fingerprint density at radius 2 is 1.58 bits per heavy atom. The second-order valence-electron chi connectivity index (χ2n) is 5.90. The van der Waals surface area contributed by atoms with Crippen molar-refractivity contribution in [2.24, 2.45) is 0 Å². The lowest BCUT2D eigenvalue weighted by Crippen LogP contribution is -2.28. The Balaban J connectivity index is 1.84. The van der Waals surface area contributed by atoms with Crippen LogP contribution in [-0.2, 0) is 9.84 Å². The molecule has 0 aliphatic rings. The summed E-state index contributed by atoms with van der Waals surface area (Å²) >= 11 is 0. The maximum absolute atomic E-state index is 12.1. The Kier molecular flexibility index (Phi) is 6.63. The molecule has 0 saturated heterocycles. The zero-order valence-corrected chi connectivity index (χ0v) is 15.9. The maximum atomic E-state index is 12.1. The van der Waals surface area contributed by atoms with Gasteiger partial charge in [0.2, 0.25) is 0 Å². The molecular formula is C19H23NO5S. The molecule has 0 bridgehead atoms. The number of hydrogen-bond acceptors (Lipinski definition) is 5. The van der Waals surface area contributed by atoms with Crippen LogP contribution in [0.3, 0.4) is 0 Å². The third-order valence-corrected chi connectivity index (χ3v) is 5.95. The monoisotopic (exact) mass is 377 g/mol. The van der Waals surface area contributed by atoms with Gasteiger partial charge in [-0.25, -0.2) is 8.42 Å². The molecule has 0 aromatic heterocycles. The predicted octanol–water partition coefficient (Wildman–Crippen LogP) is 2.69. The van der Waals surface area contributed by atoms with E-state index >= 15 is 0 Å². The Morgan fingerprint density at radius 3 is 2.12 bits per heavy atom. The standard InChI is InChI=1S/C19H23NO5S/c1-14(2)26(22,23)18-10-4-15(5-11-18)19(21)20-12-13-25-17-8-6-16(24-3)7-9-17/h4-11,14H,12-13H2,1-3H3,(H,20,21). The minimum Gasteiger partial charge on any atom is -0.497 e. The molecule has 1 amide bonds. The fourth-order valence-electron chi connectivity index (χ4n) is 2.18. The van der Waals surface area contributed by atoms with Gasteiger partial charge in [-0.1, -0.05) is 0 Å². The highest BCUT2D eigenvalue weighted by molar-refractivity contribution is 7.92. The van der Waals surface area contributed by atoms with E-state index in [1.54, 1.807) is 45.2 Å². The Hall–Kier alpha value is -2.54. The van der Waals surface area contributed by atoms with Crippen LogP contribution in [0.1, 0.15) is 24.2 Å². The van der Waals surface area contributed by atoms with Gasteiger partial charge in [0.25, 0.3) is 5.91 Å². The van der Waals surface area contributed by atoms with Crippen molar-refractivity contribution >= 4 is 15.7 Å². The Labute approximate surface area is 154 Å². The molecule has 6 nitrogen and oxygen atoms in total. The summed E-state index contributed by atoms with van der Waals surface area (Å²) in [6.07, 6.45) is 0. The number of benzene rings is 2. The molecular weight excluding hydrogens is 354 g/mol. The molecule has 2 rings (SSSR count). The summed E-state index contributed by atoms with van der Waals surface area (Å²) in [5.74, 6) is 1.15. The van der Waals surface area contributed by atoms with Crippen LogP contribution < -0.4 is 14.8 Å². The molecule has 2 aromatic rings. The molecule has 0 atom stereocenters. The van der Waals surface area contributed by atoms with Gasteiger partial charge in [0, 0.05) is 5.56 Å². The second kappa shape index (κ2) is 8.71. The summed E-state index contributed by atoms with van der Waals surface area (Å²) in [5, 5.41) is 2.23. The number of methoxy groups -OCH3 is 1. The molecule has 0 aliphatic heterocycles. The van der Waals surface area contributed by atoms with E-state index in [1.807, 2.05) is 0 Å². The molecule has 0 heterocycles. The summed E-state index contributed by atoms with van der Waals surface area (Å²) in [5.41, 5.74) is 0.400. The normalized spacial score (nSPS) is 11.2. The van der Waals surface area contributed by atoms with Gasteiger partial charge < -0.3 is 14.8 Å². The molecule has 0 unspecified atom stereocenters. The van der Waals surface area contributed by atoms with Gasteiger partial charge in [-0.15, -0.1) is 0 Å². The summed E-state index contributed by atoms with van der Waals surface area (Å²) < 4.78 is 34.7. The number of rotatable bonds is 8. The first-order valence-corrected chi connectivity index (χ1v) is 9.78. The summed E-state index contributed by atoms with van der Waals surface area (Å²) in [7, 11) is -1.74. The van der Waals surface area contributed by atoms with E-state index in [1.165, 1.54) is 24.3 Å². The minimum absolute atomic E-state index is 0.215. The molecule has 7 heteroatoms. The average Bonchev–Trinajstić information content (AvgIpc) is 2.65. The lowest BCUT2D eigenvalue weighted by atomic mass is 10.2. The summed E-state index contributed by atoms with van der Waals surface area (Å²) in [4.78, 5) is 12.3. The SMILES string of the molecule is COc1ccc(OCCNC(=O)c2ccc(S(=O)(=O)C(C)C)cc2)cc1. The van der Waals surface area contributed by atoms with Gasteiger partial charge in [0.05, 0.1) is 23.8 Å². The van der Waals surface area contributed by atoms with Crippen LogP contribution in [0.5, 0.6) is 11.5 Å². The fourth-order valence-corrected chi connectivity index (χ4v) is 3.24. The molecule has 0 spiro atoms. The fraction of sp³-hybridized carbons (Fsp3) is 0.316. The van der Waals surface area contributed by atoms with Crippen molar-refractivity contribution in [3.63, 3.8) is 0 Å². The van der Waals surface area contributed by atoms with Crippen LogP contribution in [0.15, 0.2) is 53.4 Å². The number of sulfone groups is 1. The lowest BCUT2D eigenvalue weighted by molar-refractivity contribution is 0.0947. The minimum atomic E-state index is -3.34. The van der Waals surface area contributed by atoms with Crippen LogP contribution in [-0.4, -0.2) is 39.8 Å². The van der Waals surface area contributed by atoms with Crippen molar-refractivity contribution in [3.8, 4) is 11.5 Å². The molecule has 0 aliphatic carbocycles. The van der Waals surface area contributed by atoms with Crippen LogP contribution in [0.4, 0.5) is 0 Å². The van der Waals surface area contributed by atoms with Gasteiger partial charge in [0.15, 0.2) is 9.84 Å². The number of carbonyl (C=O) groups is 1. The zero-order chi connectivity index (χ0) is 19.2. The van der Waals surface area contributed by atoms with E-state index < -0.39 is 15.1 Å². The van der Waals surface area contributed by atoms with E-state index in [-0.39, 0.29) is 10.8 Å². The highest BCUT2D eigenvalue weighted by atomic mass is 32.2. The molecule has 2 aromatic carbocycles. The predicted molar refractivity (Wildman–Crippen MR) is 99.6 cm³/mol.